The van der Waals surface area contributed by atoms with Gasteiger partial charge in [0.1, 0.15) is 19.5 Å². The molecule has 0 bridgehead atoms. The Labute approximate surface area is 189 Å². The zero-order valence-electron chi connectivity index (χ0n) is 17.9. The Morgan fingerprint density at radius 3 is 2.35 bits per heavy atom. The lowest BCUT2D eigenvalue weighted by Gasteiger charge is -2.18. The van der Waals surface area contributed by atoms with Crippen LogP contribution in [0.25, 0.3) is 0 Å². The Hall–Kier alpha value is -2.37. The molecule has 0 saturated heterocycles. The maximum Gasteiger partial charge on any atom is 0.241 e. The fraction of sp³-hybridized carbons (Fsp3) is 0.261. The van der Waals surface area contributed by atoms with E-state index in [2.05, 4.69) is 41.0 Å². The quantitative estimate of drug-likeness (QED) is 0.399. The molecular weight excluding hydrogens is 448 g/mol. The maximum atomic E-state index is 13.1. The Morgan fingerprint density at radius 1 is 1.10 bits per heavy atom. The molecule has 3 rings (SSSR count). The number of hydrogen-bond donors (Lipinski definition) is 1. The first-order valence-corrected chi connectivity index (χ1v) is 15.2. The largest absolute Gasteiger partial charge is 0.360 e. The highest BCUT2D eigenvalue weighted by atomic mass is 35.5. The third-order valence-electron chi connectivity index (χ3n) is 4.49. The molecule has 0 spiro atoms. The summed E-state index contributed by atoms with van der Waals surface area (Å²) in [4.78, 5) is 0.130. The van der Waals surface area contributed by atoms with E-state index in [9.17, 15) is 8.42 Å². The highest BCUT2D eigenvalue weighted by Crippen LogP contribution is 2.26. The van der Waals surface area contributed by atoms with Crippen LogP contribution in [-0.2, 0) is 16.4 Å². The van der Waals surface area contributed by atoms with E-state index in [4.69, 9.17) is 16.1 Å². The standard InChI is InChI=1S/C23H25ClN2O3SSi/c1-17-21(14-15-31(2,3)4)23(25-29-17)22(16-18-8-6-5-7-9-18)26-30(27,28)20-12-10-19(24)11-13-20/h5-13,22,26H,16H2,1-4H3. The first-order valence-electron chi connectivity index (χ1n) is 9.86. The molecule has 1 atom stereocenters. The highest BCUT2D eigenvalue weighted by molar-refractivity contribution is 7.89. The topological polar surface area (TPSA) is 72.2 Å². The first-order chi connectivity index (χ1) is 14.5. The third-order valence-corrected chi connectivity index (χ3v) is 7.10. The molecule has 0 amide bonds. The fourth-order valence-corrected chi connectivity index (χ4v) is 4.77. The Kier molecular flexibility index (Phi) is 7.07. The van der Waals surface area contributed by atoms with E-state index in [-0.39, 0.29) is 4.90 Å². The monoisotopic (exact) mass is 472 g/mol. The van der Waals surface area contributed by atoms with Gasteiger partial charge in [0.2, 0.25) is 10.0 Å². The van der Waals surface area contributed by atoms with Crippen molar-refractivity contribution in [2.24, 2.45) is 0 Å². The smallest absolute Gasteiger partial charge is 0.241 e. The summed E-state index contributed by atoms with van der Waals surface area (Å²) >= 11 is 5.92. The van der Waals surface area contributed by atoms with Crippen molar-refractivity contribution in [1.82, 2.24) is 9.88 Å². The van der Waals surface area contributed by atoms with Gasteiger partial charge in [0, 0.05) is 5.02 Å². The third kappa shape index (κ3) is 6.31. The van der Waals surface area contributed by atoms with Gasteiger partial charge in [-0.25, -0.2) is 13.1 Å². The van der Waals surface area contributed by atoms with Crippen LogP contribution in [0.3, 0.4) is 0 Å². The lowest BCUT2D eigenvalue weighted by Crippen LogP contribution is -2.31. The van der Waals surface area contributed by atoms with E-state index in [0.29, 0.717) is 28.5 Å². The van der Waals surface area contributed by atoms with Gasteiger partial charge in [0.05, 0.1) is 16.5 Å². The van der Waals surface area contributed by atoms with E-state index in [1.165, 1.54) is 12.1 Å². The molecule has 2 aromatic carbocycles. The number of nitrogens with zero attached hydrogens (tertiary/aromatic N) is 1. The second-order valence-electron chi connectivity index (χ2n) is 8.32. The van der Waals surface area contributed by atoms with E-state index in [1.54, 1.807) is 19.1 Å². The van der Waals surface area contributed by atoms with Crippen molar-refractivity contribution in [3.05, 3.63) is 82.2 Å². The second kappa shape index (κ2) is 9.41. The fourth-order valence-electron chi connectivity index (χ4n) is 2.94. The summed E-state index contributed by atoms with van der Waals surface area (Å²) in [6, 6.07) is 15.1. The summed E-state index contributed by atoms with van der Waals surface area (Å²) in [5, 5.41) is 4.66. The number of sulfonamides is 1. The molecule has 0 radical (unpaired) electrons. The summed E-state index contributed by atoms with van der Waals surface area (Å²) in [5.74, 6) is 3.78. The normalized spacial score (nSPS) is 12.8. The minimum atomic E-state index is -3.83. The van der Waals surface area contributed by atoms with Crippen LogP contribution in [0.1, 0.15) is 28.6 Å². The molecule has 0 aliphatic carbocycles. The minimum Gasteiger partial charge on any atom is -0.360 e. The van der Waals surface area contributed by atoms with Crippen molar-refractivity contribution < 1.29 is 12.9 Å². The second-order valence-corrected chi connectivity index (χ2v) is 15.2. The van der Waals surface area contributed by atoms with E-state index < -0.39 is 24.1 Å². The number of nitrogens with one attached hydrogen (secondary N) is 1. The Bertz CT molecular complexity index is 1210. The van der Waals surface area contributed by atoms with Gasteiger partial charge in [-0.3, -0.25) is 0 Å². The van der Waals surface area contributed by atoms with E-state index >= 15 is 0 Å². The lowest BCUT2D eigenvalue weighted by molar-refractivity contribution is 0.382. The molecule has 31 heavy (non-hydrogen) atoms. The van der Waals surface area contributed by atoms with Crippen LogP contribution in [0.15, 0.2) is 64.0 Å². The van der Waals surface area contributed by atoms with Gasteiger partial charge in [-0.1, -0.05) is 72.7 Å². The number of hydrogen-bond acceptors (Lipinski definition) is 4. The predicted octanol–water partition coefficient (Wildman–Crippen LogP) is 5.13. The molecule has 1 heterocycles. The van der Waals surface area contributed by atoms with Crippen LogP contribution in [0.4, 0.5) is 0 Å². The highest BCUT2D eigenvalue weighted by Gasteiger charge is 2.27. The van der Waals surface area contributed by atoms with Gasteiger partial charge in [0.15, 0.2) is 0 Å². The Balaban J connectivity index is 2.04. The van der Waals surface area contributed by atoms with Gasteiger partial charge in [-0.05, 0) is 43.2 Å². The van der Waals surface area contributed by atoms with Crippen molar-refractivity contribution in [2.45, 2.75) is 43.9 Å². The molecule has 5 nitrogen and oxygen atoms in total. The van der Waals surface area contributed by atoms with E-state index in [0.717, 1.165) is 5.56 Å². The van der Waals surface area contributed by atoms with Crippen LogP contribution in [0, 0.1) is 18.4 Å². The molecular formula is C23H25ClN2O3SSi. The molecule has 1 unspecified atom stereocenters. The van der Waals surface area contributed by atoms with Crippen molar-refractivity contribution in [2.75, 3.05) is 0 Å². The van der Waals surface area contributed by atoms with Gasteiger partial charge >= 0.3 is 0 Å². The van der Waals surface area contributed by atoms with Crippen molar-refractivity contribution in [1.29, 1.82) is 0 Å². The zero-order valence-corrected chi connectivity index (χ0v) is 20.5. The molecule has 0 fully saturated rings. The Morgan fingerprint density at radius 2 is 1.74 bits per heavy atom. The van der Waals surface area contributed by atoms with Crippen LogP contribution in [-0.4, -0.2) is 21.6 Å². The minimum absolute atomic E-state index is 0.130. The summed E-state index contributed by atoms with van der Waals surface area (Å²) in [6.07, 6.45) is 0.404. The van der Waals surface area contributed by atoms with Crippen LogP contribution in [0.2, 0.25) is 24.7 Å². The van der Waals surface area contributed by atoms with E-state index in [1.807, 2.05) is 30.3 Å². The van der Waals surface area contributed by atoms with Gasteiger partial charge in [-0.15, -0.1) is 5.54 Å². The molecule has 1 aromatic heterocycles. The van der Waals surface area contributed by atoms with Crippen molar-refractivity contribution >= 4 is 29.7 Å². The number of rotatable bonds is 6. The van der Waals surface area contributed by atoms with Gasteiger partial charge < -0.3 is 4.52 Å². The summed E-state index contributed by atoms with van der Waals surface area (Å²) in [6.45, 7) is 8.23. The summed E-state index contributed by atoms with van der Waals surface area (Å²) < 4.78 is 34.4. The SMILES string of the molecule is Cc1onc(C(Cc2ccccc2)NS(=O)(=O)c2ccc(Cl)cc2)c1C#C[Si](C)(C)C. The number of halogens is 1. The molecule has 162 valence electrons. The van der Waals surface area contributed by atoms with Gasteiger partial charge in [0.25, 0.3) is 0 Å². The number of aromatic nitrogens is 1. The average molecular weight is 473 g/mol. The van der Waals surface area contributed by atoms with Crippen LogP contribution in [0.5, 0.6) is 0 Å². The van der Waals surface area contributed by atoms with Gasteiger partial charge in [-0.2, -0.15) is 0 Å². The summed E-state index contributed by atoms with van der Waals surface area (Å²) in [5.41, 5.74) is 5.42. The van der Waals surface area contributed by atoms with Crippen molar-refractivity contribution in [3.63, 3.8) is 0 Å². The molecule has 0 saturated carbocycles. The molecule has 0 aliphatic heterocycles. The molecule has 8 heteroatoms. The average Bonchev–Trinajstić information content (AvgIpc) is 3.07. The van der Waals surface area contributed by atoms with Crippen molar-refractivity contribution in [3.8, 4) is 11.5 Å². The molecule has 1 N–H and O–H groups in total. The number of aryl methyl sites for hydroxylation is 1. The first kappa shape index (κ1) is 23.3. The molecule has 3 aromatic rings. The van der Waals surface area contributed by atoms with Crippen LogP contribution < -0.4 is 4.72 Å². The predicted molar refractivity (Wildman–Crippen MR) is 126 cm³/mol. The number of benzene rings is 2. The summed E-state index contributed by atoms with van der Waals surface area (Å²) in [7, 11) is -5.48. The maximum absolute atomic E-state index is 13.1. The zero-order chi connectivity index (χ0) is 22.6. The van der Waals surface area contributed by atoms with Crippen LogP contribution >= 0.6 is 11.6 Å². The molecule has 0 aliphatic rings. The lowest BCUT2D eigenvalue weighted by atomic mass is 10.0.